The highest BCUT2D eigenvalue weighted by atomic mass is 15.1. The zero-order chi connectivity index (χ0) is 12.6. The number of hydrogen-bond donors (Lipinski definition) is 2. The lowest BCUT2D eigenvalue weighted by atomic mass is 10.3. The van der Waals surface area contributed by atoms with E-state index in [1.807, 2.05) is 12.1 Å². The van der Waals surface area contributed by atoms with Crippen molar-refractivity contribution < 1.29 is 0 Å². The van der Waals surface area contributed by atoms with Crippen LogP contribution >= 0.6 is 0 Å². The fourth-order valence-corrected chi connectivity index (χ4v) is 1.48. The monoisotopic (exact) mass is 243 g/mol. The third kappa shape index (κ3) is 3.69. The first-order chi connectivity index (χ1) is 8.88. The van der Waals surface area contributed by atoms with Crippen molar-refractivity contribution in [2.45, 2.75) is 19.9 Å². The van der Waals surface area contributed by atoms with E-state index in [2.05, 4.69) is 32.5 Å². The lowest BCUT2D eigenvalue weighted by Crippen LogP contribution is -2.06. The van der Waals surface area contributed by atoms with Gasteiger partial charge in [-0.3, -0.25) is 9.97 Å². The molecule has 2 N–H and O–H groups in total. The van der Waals surface area contributed by atoms with Crippen LogP contribution in [0.25, 0.3) is 0 Å². The number of nitrogens with zero attached hydrogens (tertiary/aromatic N) is 3. The van der Waals surface area contributed by atoms with Gasteiger partial charge < -0.3 is 10.6 Å². The van der Waals surface area contributed by atoms with E-state index in [-0.39, 0.29) is 0 Å². The molecule has 0 radical (unpaired) electrons. The van der Waals surface area contributed by atoms with Gasteiger partial charge in [0.15, 0.2) is 0 Å². The second-order valence-corrected chi connectivity index (χ2v) is 3.93. The molecule has 18 heavy (non-hydrogen) atoms. The molecule has 5 heteroatoms. The first-order valence-corrected chi connectivity index (χ1v) is 6.07. The predicted molar refractivity (Wildman–Crippen MR) is 72.4 cm³/mol. The number of nitrogens with one attached hydrogen (secondary N) is 2. The number of hydrogen-bond acceptors (Lipinski definition) is 5. The molecule has 5 nitrogen and oxygen atoms in total. The van der Waals surface area contributed by atoms with Crippen LogP contribution in [0.5, 0.6) is 0 Å². The van der Waals surface area contributed by atoms with Gasteiger partial charge in [0.2, 0.25) is 0 Å². The maximum atomic E-state index is 4.42. The van der Waals surface area contributed by atoms with Crippen molar-refractivity contribution in [2.75, 3.05) is 17.2 Å². The molecule has 0 aliphatic carbocycles. The predicted octanol–water partition coefficient (Wildman–Crippen LogP) is 2.31. The van der Waals surface area contributed by atoms with Gasteiger partial charge >= 0.3 is 0 Å². The molecule has 0 atom stereocenters. The molecular weight excluding hydrogens is 226 g/mol. The van der Waals surface area contributed by atoms with Gasteiger partial charge in [0.1, 0.15) is 11.6 Å². The average molecular weight is 243 g/mol. The summed E-state index contributed by atoms with van der Waals surface area (Å²) in [5.41, 5.74) is 1.17. The summed E-state index contributed by atoms with van der Waals surface area (Å²) in [6.07, 6.45) is 8.08. The Morgan fingerprint density at radius 2 is 1.72 bits per heavy atom. The Morgan fingerprint density at radius 3 is 2.44 bits per heavy atom. The van der Waals surface area contributed by atoms with Gasteiger partial charge in [-0.1, -0.05) is 6.92 Å². The lowest BCUT2D eigenvalue weighted by Gasteiger charge is -2.07. The van der Waals surface area contributed by atoms with Crippen molar-refractivity contribution >= 4 is 11.6 Å². The standard InChI is InChI=1S/C13H17N5/c1-2-5-16-12-9-15-10-13(18-12)17-8-11-3-6-14-7-4-11/h3-4,6-7,9-10H,2,5,8H2,1H3,(H2,16,17,18). The fraction of sp³-hybridized carbons (Fsp3) is 0.308. The molecule has 2 aromatic heterocycles. The minimum atomic E-state index is 0.717. The zero-order valence-corrected chi connectivity index (χ0v) is 10.4. The van der Waals surface area contributed by atoms with Crippen molar-refractivity contribution in [2.24, 2.45) is 0 Å². The van der Waals surface area contributed by atoms with Crippen LogP contribution in [0.15, 0.2) is 36.9 Å². The Morgan fingerprint density at radius 1 is 1.00 bits per heavy atom. The highest BCUT2D eigenvalue weighted by molar-refractivity contribution is 5.41. The molecule has 0 aliphatic heterocycles. The molecule has 0 unspecified atom stereocenters. The average Bonchev–Trinajstić information content (AvgIpc) is 2.44. The molecule has 0 fully saturated rings. The summed E-state index contributed by atoms with van der Waals surface area (Å²) < 4.78 is 0. The minimum Gasteiger partial charge on any atom is -0.369 e. The van der Waals surface area contributed by atoms with Crippen LogP contribution in [0.1, 0.15) is 18.9 Å². The van der Waals surface area contributed by atoms with Crippen LogP contribution in [-0.4, -0.2) is 21.5 Å². The second-order valence-electron chi connectivity index (χ2n) is 3.93. The van der Waals surface area contributed by atoms with Gasteiger partial charge in [-0.2, -0.15) is 0 Å². The van der Waals surface area contributed by atoms with Crippen LogP contribution < -0.4 is 10.6 Å². The molecule has 2 aromatic rings. The topological polar surface area (TPSA) is 62.7 Å². The Labute approximate surface area is 107 Å². The molecule has 0 spiro atoms. The van der Waals surface area contributed by atoms with Crippen molar-refractivity contribution in [3.05, 3.63) is 42.5 Å². The molecule has 2 heterocycles. The van der Waals surface area contributed by atoms with E-state index in [9.17, 15) is 0 Å². The summed E-state index contributed by atoms with van der Waals surface area (Å²) in [6, 6.07) is 3.94. The van der Waals surface area contributed by atoms with E-state index >= 15 is 0 Å². The zero-order valence-electron chi connectivity index (χ0n) is 10.4. The molecule has 0 saturated heterocycles. The molecule has 0 aromatic carbocycles. The van der Waals surface area contributed by atoms with Gasteiger partial charge in [0.05, 0.1) is 12.4 Å². The maximum Gasteiger partial charge on any atom is 0.147 e. The van der Waals surface area contributed by atoms with Crippen LogP contribution in [0.3, 0.4) is 0 Å². The van der Waals surface area contributed by atoms with Gasteiger partial charge in [-0.15, -0.1) is 0 Å². The summed E-state index contributed by atoms with van der Waals surface area (Å²) in [7, 11) is 0. The Kier molecular flexibility index (Phi) is 4.46. The molecule has 0 bridgehead atoms. The van der Waals surface area contributed by atoms with Gasteiger partial charge in [-0.25, -0.2) is 4.98 Å². The molecule has 94 valence electrons. The first kappa shape index (κ1) is 12.3. The van der Waals surface area contributed by atoms with Gasteiger partial charge in [0.25, 0.3) is 0 Å². The quantitative estimate of drug-likeness (QED) is 0.815. The molecule has 2 rings (SSSR count). The smallest absolute Gasteiger partial charge is 0.147 e. The highest BCUT2D eigenvalue weighted by Gasteiger charge is 1.98. The SMILES string of the molecule is CCCNc1cncc(NCc2ccncc2)n1. The molecular formula is C13H17N5. The Hall–Kier alpha value is -2.17. The fourth-order valence-electron chi connectivity index (χ4n) is 1.48. The number of pyridine rings is 1. The van der Waals surface area contributed by atoms with Crippen LogP contribution in [0, 0.1) is 0 Å². The summed E-state index contributed by atoms with van der Waals surface area (Å²) in [5, 5.41) is 6.45. The number of anilines is 2. The highest BCUT2D eigenvalue weighted by Crippen LogP contribution is 2.08. The molecule has 0 amide bonds. The van der Waals surface area contributed by atoms with E-state index in [1.165, 1.54) is 5.56 Å². The number of aromatic nitrogens is 3. The third-order valence-corrected chi connectivity index (χ3v) is 2.41. The van der Waals surface area contributed by atoms with Crippen molar-refractivity contribution in [1.29, 1.82) is 0 Å². The van der Waals surface area contributed by atoms with Crippen LogP contribution in [-0.2, 0) is 6.54 Å². The molecule has 0 aliphatic rings. The van der Waals surface area contributed by atoms with Crippen LogP contribution in [0.2, 0.25) is 0 Å². The third-order valence-electron chi connectivity index (χ3n) is 2.41. The lowest BCUT2D eigenvalue weighted by molar-refractivity contribution is 0.962. The summed E-state index contributed by atoms with van der Waals surface area (Å²) in [4.78, 5) is 12.6. The van der Waals surface area contributed by atoms with Crippen molar-refractivity contribution in [3.63, 3.8) is 0 Å². The van der Waals surface area contributed by atoms with E-state index in [1.54, 1.807) is 24.8 Å². The van der Waals surface area contributed by atoms with E-state index in [0.717, 1.165) is 24.6 Å². The second kappa shape index (κ2) is 6.54. The first-order valence-electron chi connectivity index (χ1n) is 6.07. The molecule has 0 saturated carbocycles. The Bertz CT molecular complexity index is 472. The van der Waals surface area contributed by atoms with Crippen molar-refractivity contribution in [3.8, 4) is 0 Å². The normalized spacial score (nSPS) is 10.1. The largest absolute Gasteiger partial charge is 0.369 e. The summed E-state index contributed by atoms with van der Waals surface area (Å²) in [5.74, 6) is 1.57. The van der Waals surface area contributed by atoms with E-state index in [4.69, 9.17) is 0 Å². The van der Waals surface area contributed by atoms with Gasteiger partial charge in [0, 0.05) is 25.5 Å². The van der Waals surface area contributed by atoms with Gasteiger partial charge in [-0.05, 0) is 24.1 Å². The van der Waals surface area contributed by atoms with E-state index < -0.39 is 0 Å². The summed E-state index contributed by atoms with van der Waals surface area (Å²) >= 11 is 0. The number of rotatable bonds is 6. The minimum absolute atomic E-state index is 0.717. The van der Waals surface area contributed by atoms with E-state index in [0.29, 0.717) is 6.54 Å². The maximum absolute atomic E-state index is 4.42. The Balaban J connectivity index is 1.93. The van der Waals surface area contributed by atoms with Crippen molar-refractivity contribution in [1.82, 2.24) is 15.0 Å². The van der Waals surface area contributed by atoms with Crippen LogP contribution in [0.4, 0.5) is 11.6 Å². The summed E-state index contributed by atoms with van der Waals surface area (Å²) in [6.45, 7) is 3.74.